The molecule has 0 bridgehead atoms. The van der Waals surface area contributed by atoms with E-state index < -0.39 is 10.0 Å². The Bertz CT molecular complexity index is 1030. The van der Waals surface area contributed by atoms with Gasteiger partial charge in [0.1, 0.15) is 5.76 Å². The SMILES string of the molecule is C[C@H](NCC(=O)Nc1cccc(S(=O)(=O)NCc2ccco2)c1)c1ccccc1. The second-order valence-corrected chi connectivity index (χ2v) is 8.26. The summed E-state index contributed by atoms with van der Waals surface area (Å²) in [5, 5.41) is 5.87. The third kappa shape index (κ3) is 6.02. The zero-order chi connectivity index (χ0) is 20.7. The second-order valence-electron chi connectivity index (χ2n) is 6.49. The van der Waals surface area contributed by atoms with Crippen molar-refractivity contribution < 1.29 is 17.6 Å². The Hall–Kier alpha value is -2.94. The van der Waals surface area contributed by atoms with Crippen molar-refractivity contribution in [3.63, 3.8) is 0 Å². The summed E-state index contributed by atoms with van der Waals surface area (Å²) >= 11 is 0. The average molecular weight is 413 g/mol. The van der Waals surface area contributed by atoms with Gasteiger partial charge in [0.15, 0.2) is 0 Å². The summed E-state index contributed by atoms with van der Waals surface area (Å²) < 4.78 is 32.5. The molecule has 7 nitrogen and oxygen atoms in total. The Balaban J connectivity index is 1.56. The van der Waals surface area contributed by atoms with Gasteiger partial charge in [-0.3, -0.25) is 4.79 Å². The fourth-order valence-electron chi connectivity index (χ4n) is 2.71. The van der Waals surface area contributed by atoms with Crippen LogP contribution in [-0.2, 0) is 21.4 Å². The summed E-state index contributed by atoms with van der Waals surface area (Å²) in [4.78, 5) is 12.3. The molecule has 0 aliphatic heterocycles. The van der Waals surface area contributed by atoms with E-state index in [-0.39, 0.29) is 29.9 Å². The third-order valence-electron chi connectivity index (χ3n) is 4.31. The lowest BCUT2D eigenvalue weighted by Crippen LogP contribution is -2.30. The van der Waals surface area contributed by atoms with Gasteiger partial charge in [-0.1, -0.05) is 36.4 Å². The fraction of sp³-hybridized carbons (Fsp3) is 0.190. The molecule has 0 saturated carbocycles. The quantitative estimate of drug-likeness (QED) is 0.501. The number of amides is 1. The molecule has 1 atom stereocenters. The van der Waals surface area contributed by atoms with Gasteiger partial charge in [-0.25, -0.2) is 13.1 Å². The van der Waals surface area contributed by atoms with Crippen molar-refractivity contribution in [3.05, 3.63) is 84.3 Å². The largest absolute Gasteiger partial charge is 0.468 e. The van der Waals surface area contributed by atoms with E-state index in [4.69, 9.17) is 4.42 Å². The molecule has 2 aromatic carbocycles. The lowest BCUT2D eigenvalue weighted by molar-refractivity contribution is -0.115. The lowest BCUT2D eigenvalue weighted by atomic mass is 10.1. The van der Waals surface area contributed by atoms with Crippen LogP contribution in [0.3, 0.4) is 0 Å². The van der Waals surface area contributed by atoms with Crippen molar-refractivity contribution in [3.8, 4) is 0 Å². The molecule has 1 heterocycles. The minimum absolute atomic E-state index is 0.0134. The van der Waals surface area contributed by atoms with Crippen LogP contribution in [0, 0.1) is 0 Å². The highest BCUT2D eigenvalue weighted by molar-refractivity contribution is 7.89. The van der Waals surface area contributed by atoms with Crippen molar-refractivity contribution in [2.45, 2.75) is 24.4 Å². The molecule has 1 aromatic heterocycles. The van der Waals surface area contributed by atoms with Crippen molar-refractivity contribution in [2.75, 3.05) is 11.9 Å². The molecule has 29 heavy (non-hydrogen) atoms. The molecule has 0 aliphatic carbocycles. The van der Waals surface area contributed by atoms with Crippen molar-refractivity contribution in [1.29, 1.82) is 0 Å². The molecule has 0 unspecified atom stereocenters. The zero-order valence-electron chi connectivity index (χ0n) is 16.0. The summed E-state index contributed by atoms with van der Waals surface area (Å²) in [5.74, 6) is 0.252. The number of nitrogens with one attached hydrogen (secondary N) is 3. The molecule has 152 valence electrons. The monoisotopic (exact) mass is 413 g/mol. The normalized spacial score (nSPS) is 12.4. The van der Waals surface area contributed by atoms with Crippen LogP contribution < -0.4 is 15.4 Å². The van der Waals surface area contributed by atoms with Crippen molar-refractivity contribution in [1.82, 2.24) is 10.0 Å². The Morgan fingerprint density at radius 1 is 1.03 bits per heavy atom. The first kappa shape index (κ1) is 20.8. The van der Waals surface area contributed by atoms with Gasteiger partial charge in [0.05, 0.1) is 24.2 Å². The average Bonchev–Trinajstić information content (AvgIpc) is 3.25. The molecule has 1 amide bonds. The number of benzene rings is 2. The molecule has 3 N–H and O–H groups in total. The van der Waals surface area contributed by atoms with Crippen LogP contribution in [0.5, 0.6) is 0 Å². The van der Waals surface area contributed by atoms with E-state index in [0.717, 1.165) is 5.56 Å². The minimum Gasteiger partial charge on any atom is -0.468 e. The first-order chi connectivity index (χ1) is 13.9. The lowest BCUT2D eigenvalue weighted by Gasteiger charge is -2.14. The van der Waals surface area contributed by atoms with Crippen molar-refractivity contribution >= 4 is 21.6 Å². The molecule has 0 aliphatic rings. The summed E-state index contributed by atoms with van der Waals surface area (Å²) in [6.07, 6.45) is 1.48. The van der Waals surface area contributed by atoms with Gasteiger partial charge < -0.3 is 15.1 Å². The number of hydrogen-bond donors (Lipinski definition) is 3. The molecule has 3 aromatic rings. The molecular weight excluding hydrogens is 390 g/mol. The molecule has 3 rings (SSSR count). The highest BCUT2D eigenvalue weighted by Crippen LogP contribution is 2.16. The number of carbonyl (C=O) groups excluding carboxylic acids is 1. The molecular formula is C21H23N3O4S. The topological polar surface area (TPSA) is 100 Å². The molecule has 8 heteroatoms. The highest BCUT2D eigenvalue weighted by Gasteiger charge is 2.15. The number of sulfonamides is 1. The van der Waals surface area contributed by atoms with Crippen molar-refractivity contribution in [2.24, 2.45) is 0 Å². The maximum absolute atomic E-state index is 12.5. The summed E-state index contributed by atoms with van der Waals surface area (Å²) in [6.45, 7) is 2.12. The van der Waals surface area contributed by atoms with Crippen LogP contribution >= 0.6 is 0 Å². The van der Waals surface area contributed by atoms with Gasteiger partial charge in [-0.2, -0.15) is 0 Å². The van der Waals surface area contributed by atoms with E-state index in [1.165, 1.54) is 18.4 Å². The van der Waals surface area contributed by atoms with Gasteiger partial charge in [-0.15, -0.1) is 0 Å². The zero-order valence-corrected chi connectivity index (χ0v) is 16.8. The van der Waals surface area contributed by atoms with Crippen LogP contribution in [0.1, 0.15) is 24.3 Å². The van der Waals surface area contributed by atoms with E-state index in [1.54, 1.807) is 24.3 Å². The number of rotatable bonds is 9. The second kappa shape index (κ2) is 9.51. The van der Waals surface area contributed by atoms with Gasteiger partial charge in [0.2, 0.25) is 15.9 Å². The van der Waals surface area contributed by atoms with Crippen LogP contribution in [0.4, 0.5) is 5.69 Å². The first-order valence-corrected chi connectivity index (χ1v) is 10.6. The third-order valence-corrected chi connectivity index (χ3v) is 5.71. The van der Waals surface area contributed by atoms with Gasteiger partial charge >= 0.3 is 0 Å². The van der Waals surface area contributed by atoms with Crippen LogP contribution in [0.15, 0.2) is 82.3 Å². The van der Waals surface area contributed by atoms with Gasteiger partial charge in [0, 0.05) is 11.7 Å². The highest BCUT2D eigenvalue weighted by atomic mass is 32.2. The van der Waals surface area contributed by atoms with Crippen LogP contribution in [0.25, 0.3) is 0 Å². The van der Waals surface area contributed by atoms with E-state index in [2.05, 4.69) is 15.4 Å². The molecule has 0 spiro atoms. The Kier molecular flexibility index (Phi) is 6.82. The number of furan rings is 1. The summed E-state index contributed by atoms with van der Waals surface area (Å²) in [7, 11) is -3.73. The standard InChI is InChI=1S/C21H23N3O4S/c1-16(17-7-3-2-4-8-17)22-15-21(25)24-18-9-5-11-20(13-18)29(26,27)23-14-19-10-6-12-28-19/h2-13,16,22-23H,14-15H2,1H3,(H,24,25)/t16-/m0/s1. The smallest absolute Gasteiger partial charge is 0.241 e. The van der Waals surface area contributed by atoms with Gasteiger partial charge in [0.25, 0.3) is 0 Å². The molecule has 0 saturated heterocycles. The van der Waals surface area contributed by atoms with E-state index in [9.17, 15) is 13.2 Å². The summed E-state index contributed by atoms with van der Waals surface area (Å²) in [6, 6.07) is 19.3. The minimum atomic E-state index is -3.73. The predicted molar refractivity (Wildman–Crippen MR) is 111 cm³/mol. The van der Waals surface area contributed by atoms with E-state index in [0.29, 0.717) is 11.4 Å². The Morgan fingerprint density at radius 2 is 1.83 bits per heavy atom. The van der Waals surface area contributed by atoms with Crippen LogP contribution in [0.2, 0.25) is 0 Å². The number of anilines is 1. The molecule has 0 fully saturated rings. The number of hydrogen-bond acceptors (Lipinski definition) is 5. The molecule has 0 radical (unpaired) electrons. The summed E-state index contributed by atoms with van der Waals surface area (Å²) in [5.41, 5.74) is 1.49. The predicted octanol–water partition coefficient (Wildman–Crippen LogP) is 3.05. The van der Waals surface area contributed by atoms with E-state index >= 15 is 0 Å². The fourth-order valence-corrected chi connectivity index (χ4v) is 3.75. The maximum atomic E-state index is 12.5. The first-order valence-electron chi connectivity index (χ1n) is 9.14. The van der Waals surface area contributed by atoms with Crippen LogP contribution in [-0.4, -0.2) is 20.9 Å². The number of carbonyl (C=O) groups is 1. The Labute approximate surface area is 170 Å². The maximum Gasteiger partial charge on any atom is 0.241 e. The Morgan fingerprint density at radius 3 is 2.55 bits per heavy atom. The van der Waals surface area contributed by atoms with E-state index in [1.807, 2.05) is 37.3 Å². The van der Waals surface area contributed by atoms with Gasteiger partial charge in [-0.05, 0) is 42.8 Å².